The molecule has 0 atom stereocenters. The Morgan fingerprint density at radius 2 is 1.67 bits per heavy atom. The van der Waals surface area contributed by atoms with Gasteiger partial charge in [-0.3, -0.25) is 0 Å². The van der Waals surface area contributed by atoms with Crippen molar-refractivity contribution in [2.45, 2.75) is 0 Å². The van der Waals surface area contributed by atoms with Gasteiger partial charge in [-0.2, -0.15) is 0 Å². The highest BCUT2D eigenvalue weighted by Crippen LogP contribution is 1.99. The molecule has 0 bridgehead atoms. The van der Waals surface area contributed by atoms with Gasteiger partial charge in [-0.05, 0) is 30.7 Å². The van der Waals surface area contributed by atoms with Gasteiger partial charge in [-0.25, -0.2) is 4.39 Å². The Balaban J connectivity index is 0.000000354. The van der Waals surface area contributed by atoms with E-state index in [2.05, 4.69) is 5.92 Å². The lowest BCUT2D eigenvalue weighted by Crippen LogP contribution is -1.73. The van der Waals surface area contributed by atoms with Crippen LogP contribution in [0.25, 0.3) is 0 Å². The third kappa shape index (κ3) is 5.67. The van der Waals surface area contributed by atoms with E-state index in [-0.39, 0.29) is 5.82 Å². The molecule has 0 amide bonds. The molecule has 0 unspecified atom stereocenters. The van der Waals surface area contributed by atoms with E-state index >= 15 is 0 Å². The summed E-state index contributed by atoms with van der Waals surface area (Å²) in [7, 11) is 9.81. The molecule has 1 aromatic rings. The van der Waals surface area contributed by atoms with Gasteiger partial charge in [-0.1, -0.05) is 5.92 Å². The summed E-state index contributed by atoms with van der Waals surface area (Å²) in [5.41, 5.74) is 0.594. The molecule has 0 heterocycles. The molecule has 0 nitrogen and oxygen atoms in total. The van der Waals surface area contributed by atoms with Crippen molar-refractivity contribution in [3.05, 3.63) is 42.1 Å². The quantitative estimate of drug-likeness (QED) is 0.460. The van der Waals surface area contributed by atoms with Crippen molar-refractivity contribution in [1.82, 2.24) is 0 Å². The maximum atomic E-state index is 12.1. The second kappa shape index (κ2) is 7.69. The molecule has 1 rings (SSSR count). The van der Waals surface area contributed by atoms with Crippen LogP contribution >= 0.6 is 18.1 Å². The summed E-state index contributed by atoms with van der Waals surface area (Å²) in [5, 5.41) is 0. The summed E-state index contributed by atoms with van der Waals surface area (Å²) in [6.07, 6.45) is 6.64. The van der Waals surface area contributed by atoms with E-state index in [1.165, 1.54) is 24.3 Å². The fourth-order valence-electron chi connectivity index (χ4n) is 0.533. The second-order valence-electron chi connectivity index (χ2n) is 1.73. The largest absolute Gasteiger partial charge is 0.618 e. The van der Waals surface area contributed by atoms with Gasteiger partial charge >= 0.3 is 18.2 Å². The van der Waals surface area contributed by atoms with Crippen LogP contribution in [-0.4, -0.2) is 18.2 Å². The van der Waals surface area contributed by atoms with Crippen molar-refractivity contribution in [2.75, 3.05) is 0 Å². The first kappa shape index (κ1) is 12.1. The van der Waals surface area contributed by atoms with Crippen molar-refractivity contribution in [3.8, 4) is 5.92 Å². The van der Waals surface area contributed by atoms with Gasteiger partial charge in [0.25, 0.3) is 0 Å². The second-order valence-corrected chi connectivity index (χ2v) is 4.36. The Hall–Kier alpha value is 0.0562. The first-order valence-electron chi connectivity index (χ1n) is 3.04. The average molecular weight is 214 g/mol. The Bertz CT molecular complexity index is 253. The molecule has 0 spiro atoms. The third-order valence-corrected chi connectivity index (χ3v) is 0.989. The maximum absolute atomic E-state index is 12.1. The predicted molar refractivity (Wildman–Crippen MR) is 50.1 cm³/mol. The Morgan fingerprint density at radius 1 is 1.25 bits per heavy atom. The minimum Gasteiger partial charge on any atom is -0.309 e. The number of benzene rings is 1. The lowest BCUT2D eigenvalue weighted by atomic mass is 10.2. The molecule has 12 heavy (non-hydrogen) atoms. The minimum absolute atomic E-state index is 0.283. The zero-order valence-electron chi connectivity index (χ0n) is 6.15. The van der Waals surface area contributed by atoms with Gasteiger partial charge in [-0.15, -0.1) is 0 Å². The maximum Gasteiger partial charge on any atom is 0.618 e. The third-order valence-electron chi connectivity index (χ3n) is 0.989. The summed E-state index contributed by atoms with van der Waals surface area (Å²) in [4.78, 5) is 0. The smallest absolute Gasteiger partial charge is 0.309 e. The summed E-state index contributed by atoms with van der Waals surface area (Å²) in [6.45, 7) is 0. The first-order chi connectivity index (χ1) is 5.74. The highest BCUT2D eigenvalue weighted by Gasteiger charge is 1.86. The zero-order valence-corrected chi connectivity index (χ0v) is 9.08. The van der Waals surface area contributed by atoms with E-state index in [0.29, 0.717) is 5.56 Å². The first-order valence-corrected chi connectivity index (χ1v) is 7.32. The molecule has 0 N–H and O–H groups in total. The summed E-state index contributed by atoms with van der Waals surface area (Å²) in [6, 6.07) is 5.61. The standard InChI is InChI=1S/C8H4F.2ClH.Mg/c1-2-7-3-5-8(9)6-4-7;;;/h3-6H;2*1H;/q;;;+2/p-2. The molecular formula is C8H4Cl2FMg. The minimum atomic E-state index is -0.639. The molecule has 4 heteroatoms. The van der Waals surface area contributed by atoms with E-state index in [0.717, 1.165) is 0 Å². The molecule has 0 fully saturated rings. The van der Waals surface area contributed by atoms with Crippen LogP contribution in [0.5, 0.6) is 0 Å². The van der Waals surface area contributed by atoms with Gasteiger partial charge < -0.3 is 18.1 Å². The van der Waals surface area contributed by atoms with Crippen molar-refractivity contribution in [3.63, 3.8) is 0 Å². The fourth-order valence-corrected chi connectivity index (χ4v) is 0.533. The van der Waals surface area contributed by atoms with E-state index in [9.17, 15) is 4.39 Å². The average Bonchev–Trinajstić information content (AvgIpc) is 2.07. The summed E-state index contributed by atoms with van der Waals surface area (Å²) >= 11 is -0.639. The SMILES string of the molecule is [C]#Cc1ccc(F)cc1.[Cl][Mg][Cl]. The number of halogens is 3. The molecule has 0 aliphatic carbocycles. The fraction of sp³-hybridized carbons (Fsp3) is 0. The summed E-state index contributed by atoms with van der Waals surface area (Å²) < 4.78 is 12.1. The molecule has 0 saturated carbocycles. The predicted octanol–water partition coefficient (Wildman–Crippen LogP) is 2.76. The van der Waals surface area contributed by atoms with Crippen LogP contribution < -0.4 is 0 Å². The Labute approximate surface area is 88.3 Å². The van der Waals surface area contributed by atoms with Gasteiger partial charge in [0.15, 0.2) is 0 Å². The monoisotopic (exact) mass is 213 g/mol. The normalized spacial score (nSPS) is 7.17. The van der Waals surface area contributed by atoms with Gasteiger partial charge in [0.2, 0.25) is 0 Å². The molecule has 59 valence electrons. The van der Waals surface area contributed by atoms with Crippen LogP contribution in [0.15, 0.2) is 24.3 Å². The van der Waals surface area contributed by atoms with Crippen LogP contribution in [0.4, 0.5) is 4.39 Å². The highest BCUT2D eigenvalue weighted by atomic mass is 35.6. The molecule has 0 aliphatic rings. The number of hydrogen-bond acceptors (Lipinski definition) is 0. The van der Waals surface area contributed by atoms with E-state index < -0.39 is 18.2 Å². The molecular weight excluding hydrogens is 210 g/mol. The van der Waals surface area contributed by atoms with Gasteiger partial charge in [0.1, 0.15) is 5.82 Å². The number of rotatable bonds is 0. The van der Waals surface area contributed by atoms with Crippen molar-refractivity contribution in [1.29, 1.82) is 0 Å². The molecule has 0 aromatic heterocycles. The van der Waals surface area contributed by atoms with E-state index in [4.69, 9.17) is 24.6 Å². The lowest BCUT2D eigenvalue weighted by molar-refractivity contribution is 0.627. The molecule has 0 aliphatic heterocycles. The van der Waals surface area contributed by atoms with E-state index in [1.54, 1.807) is 0 Å². The molecule has 1 radical (unpaired) electrons. The van der Waals surface area contributed by atoms with Crippen LogP contribution in [-0.2, 0) is 0 Å². The zero-order chi connectivity index (χ0) is 9.40. The van der Waals surface area contributed by atoms with Crippen LogP contribution in [0.2, 0.25) is 0 Å². The van der Waals surface area contributed by atoms with Crippen molar-refractivity contribution >= 4 is 36.3 Å². The molecule has 0 saturated heterocycles. The van der Waals surface area contributed by atoms with E-state index in [1.807, 2.05) is 0 Å². The van der Waals surface area contributed by atoms with Gasteiger partial charge in [0.05, 0.1) is 0 Å². The van der Waals surface area contributed by atoms with Crippen LogP contribution in [0.3, 0.4) is 0 Å². The van der Waals surface area contributed by atoms with Crippen molar-refractivity contribution < 1.29 is 4.39 Å². The Morgan fingerprint density at radius 3 is 2.00 bits per heavy atom. The molecule has 1 aromatic carbocycles. The lowest BCUT2D eigenvalue weighted by Gasteiger charge is -1.86. The highest BCUT2D eigenvalue weighted by molar-refractivity contribution is 7.22. The topological polar surface area (TPSA) is 0 Å². The number of hydrogen-bond donors (Lipinski definition) is 0. The Kier molecular flexibility index (Phi) is 7.73. The van der Waals surface area contributed by atoms with Crippen LogP contribution in [0, 0.1) is 18.2 Å². The van der Waals surface area contributed by atoms with Crippen molar-refractivity contribution in [2.24, 2.45) is 0 Å². The summed E-state index contributed by atoms with van der Waals surface area (Å²) in [5.74, 6) is 1.85. The van der Waals surface area contributed by atoms with Gasteiger partial charge in [0, 0.05) is 5.56 Å². The van der Waals surface area contributed by atoms with Crippen LogP contribution in [0.1, 0.15) is 5.56 Å².